The van der Waals surface area contributed by atoms with Crippen molar-refractivity contribution in [1.29, 1.82) is 0 Å². The lowest BCUT2D eigenvalue weighted by atomic mass is 9.87. The van der Waals surface area contributed by atoms with Crippen LogP contribution in [-0.2, 0) is 6.54 Å². The van der Waals surface area contributed by atoms with Crippen molar-refractivity contribution in [3.63, 3.8) is 0 Å². The molecule has 1 saturated carbocycles. The van der Waals surface area contributed by atoms with Gasteiger partial charge in [0, 0.05) is 35.7 Å². The second-order valence-electron chi connectivity index (χ2n) is 6.24. The van der Waals surface area contributed by atoms with Gasteiger partial charge in [-0.05, 0) is 49.8 Å². The molecule has 0 atom stereocenters. The highest BCUT2D eigenvalue weighted by atomic mass is 35.5. The smallest absolute Gasteiger partial charge is 0.0514 e. The van der Waals surface area contributed by atoms with Crippen molar-refractivity contribution in [2.24, 2.45) is 5.92 Å². The quantitative estimate of drug-likeness (QED) is 0.826. The lowest BCUT2D eigenvalue weighted by Crippen LogP contribution is -2.34. The van der Waals surface area contributed by atoms with Crippen LogP contribution in [0.2, 0.25) is 10.0 Å². The van der Waals surface area contributed by atoms with Crippen molar-refractivity contribution < 1.29 is 0 Å². The van der Waals surface area contributed by atoms with E-state index >= 15 is 0 Å². The Morgan fingerprint density at radius 2 is 1.95 bits per heavy atom. The average molecular weight is 325 g/mol. The first-order valence-electron chi connectivity index (χ1n) is 7.81. The van der Waals surface area contributed by atoms with Crippen LogP contribution in [0.5, 0.6) is 0 Å². The summed E-state index contributed by atoms with van der Waals surface area (Å²) < 4.78 is 2.23. The van der Waals surface area contributed by atoms with Gasteiger partial charge in [-0.15, -0.1) is 0 Å². The summed E-state index contributed by atoms with van der Waals surface area (Å²) in [6.45, 7) is 4.30. The molecule has 1 aromatic carbocycles. The van der Waals surface area contributed by atoms with Crippen LogP contribution in [0.15, 0.2) is 24.4 Å². The molecule has 0 unspecified atom stereocenters. The van der Waals surface area contributed by atoms with Gasteiger partial charge in [-0.2, -0.15) is 0 Å². The van der Waals surface area contributed by atoms with Crippen molar-refractivity contribution >= 4 is 34.1 Å². The van der Waals surface area contributed by atoms with Crippen LogP contribution in [0, 0.1) is 5.92 Å². The van der Waals surface area contributed by atoms with Gasteiger partial charge in [0.15, 0.2) is 0 Å². The summed E-state index contributed by atoms with van der Waals surface area (Å²) in [6, 6.07) is 6.55. The van der Waals surface area contributed by atoms with Gasteiger partial charge < -0.3 is 9.88 Å². The van der Waals surface area contributed by atoms with E-state index in [2.05, 4.69) is 29.1 Å². The molecule has 1 fully saturated rings. The molecule has 0 radical (unpaired) electrons. The van der Waals surface area contributed by atoms with E-state index in [1.54, 1.807) is 6.07 Å². The molecule has 0 bridgehead atoms. The van der Waals surface area contributed by atoms with Gasteiger partial charge in [-0.1, -0.05) is 30.1 Å². The summed E-state index contributed by atoms with van der Waals surface area (Å²) in [5, 5.41) is 6.19. The fourth-order valence-corrected chi connectivity index (χ4v) is 3.81. The summed E-state index contributed by atoms with van der Waals surface area (Å²) in [4.78, 5) is 0. The minimum atomic E-state index is 0.690. The molecule has 0 spiro atoms. The SMILES string of the molecule is CC1CCC(NCCn2ccc3c(Cl)cc(Cl)cc32)CC1. The summed E-state index contributed by atoms with van der Waals surface area (Å²) in [5.41, 5.74) is 1.12. The molecule has 0 amide bonds. The molecule has 1 aliphatic rings. The van der Waals surface area contributed by atoms with Crippen LogP contribution in [-0.4, -0.2) is 17.2 Å². The van der Waals surface area contributed by atoms with E-state index in [-0.39, 0.29) is 0 Å². The molecule has 114 valence electrons. The third-order valence-electron chi connectivity index (χ3n) is 4.60. The number of fused-ring (bicyclic) bond motifs is 1. The molecule has 1 aliphatic carbocycles. The van der Waals surface area contributed by atoms with Crippen LogP contribution >= 0.6 is 23.2 Å². The fourth-order valence-electron chi connectivity index (χ4n) is 3.27. The second kappa shape index (κ2) is 6.60. The number of benzene rings is 1. The minimum absolute atomic E-state index is 0.690. The molecular weight excluding hydrogens is 303 g/mol. The lowest BCUT2D eigenvalue weighted by molar-refractivity contribution is 0.305. The number of nitrogens with one attached hydrogen (secondary N) is 1. The van der Waals surface area contributed by atoms with Gasteiger partial charge in [0.1, 0.15) is 0 Å². The summed E-state index contributed by atoms with van der Waals surface area (Å²) in [7, 11) is 0. The number of hydrogen-bond donors (Lipinski definition) is 1. The molecule has 21 heavy (non-hydrogen) atoms. The Labute approximate surface area is 136 Å². The first-order chi connectivity index (χ1) is 10.1. The zero-order chi connectivity index (χ0) is 14.8. The van der Waals surface area contributed by atoms with Crippen molar-refractivity contribution in [2.45, 2.75) is 45.2 Å². The first kappa shape index (κ1) is 15.2. The van der Waals surface area contributed by atoms with E-state index in [1.807, 2.05) is 6.07 Å². The number of hydrogen-bond acceptors (Lipinski definition) is 1. The number of aromatic nitrogens is 1. The Balaban J connectivity index is 1.61. The standard InChI is InChI=1S/C17H22Cl2N2/c1-12-2-4-14(5-3-12)20-7-9-21-8-6-15-16(19)10-13(18)11-17(15)21/h6,8,10-12,14,20H,2-5,7,9H2,1H3. The molecule has 1 N–H and O–H groups in total. The third kappa shape index (κ3) is 3.56. The predicted octanol–water partition coefficient (Wildman–Crippen LogP) is 5.12. The molecular formula is C17H22Cl2N2. The molecule has 3 rings (SSSR count). The first-order valence-corrected chi connectivity index (χ1v) is 8.56. The largest absolute Gasteiger partial charge is 0.346 e. The average Bonchev–Trinajstić information content (AvgIpc) is 2.84. The second-order valence-corrected chi connectivity index (χ2v) is 7.08. The van der Waals surface area contributed by atoms with Crippen LogP contribution in [0.3, 0.4) is 0 Å². The topological polar surface area (TPSA) is 17.0 Å². The Kier molecular flexibility index (Phi) is 4.78. The maximum absolute atomic E-state index is 6.23. The van der Waals surface area contributed by atoms with Gasteiger partial charge in [-0.25, -0.2) is 0 Å². The predicted molar refractivity (Wildman–Crippen MR) is 91.4 cm³/mol. The van der Waals surface area contributed by atoms with Crippen LogP contribution in [0.25, 0.3) is 10.9 Å². The maximum atomic E-state index is 6.23. The van der Waals surface area contributed by atoms with Crippen LogP contribution < -0.4 is 5.32 Å². The monoisotopic (exact) mass is 324 g/mol. The molecule has 1 heterocycles. The van der Waals surface area contributed by atoms with E-state index in [0.29, 0.717) is 11.1 Å². The highest BCUT2D eigenvalue weighted by molar-refractivity contribution is 6.38. The summed E-state index contributed by atoms with van der Waals surface area (Å²) in [5.74, 6) is 0.903. The van der Waals surface area contributed by atoms with Crippen LogP contribution in [0.1, 0.15) is 32.6 Å². The molecule has 0 saturated heterocycles. The molecule has 2 nitrogen and oxygen atoms in total. The van der Waals surface area contributed by atoms with E-state index < -0.39 is 0 Å². The van der Waals surface area contributed by atoms with Crippen molar-refractivity contribution in [3.8, 4) is 0 Å². The highest BCUT2D eigenvalue weighted by Gasteiger charge is 2.17. The minimum Gasteiger partial charge on any atom is -0.346 e. The van der Waals surface area contributed by atoms with E-state index in [4.69, 9.17) is 23.2 Å². The van der Waals surface area contributed by atoms with E-state index in [0.717, 1.165) is 34.9 Å². The molecule has 4 heteroatoms. The normalized spacial score (nSPS) is 22.8. The van der Waals surface area contributed by atoms with Gasteiger partial charge in [0.2, 0.25) is 0 Å². The number of halogens is 2. The Morgan fingerprint density at radius 1 is 1.19 bits per heavy atom. The van der Waals surface area contributed by atoms with Gasteiger partial charge in [0.05, 0.1) is 10.5 Å². The Hall–Kier alpha value is -0.700. The molecule has 1 aromatic heterocycles. The molecule has 2 aromatic rings. The number of nitrogens with zero attached hydrogens (tertiary/aromatic N) is 1. The van der Waals surface area contributed by atoms with E-state index in [9.17, 15) is 0 Å². The summed E-state index contributed by atoms with van der Waals surface area (Å²) in [6.07, 6.45) is 7.43. The maximum Gasteiger partial charge on any atom is 0.0514 e. The third-order valence-corrected chi connectivity index (χ3v) is 5.14. The highest BCUT2D eigenvalue weighted by Crippen LogP contribution is 2.28. The van der Waals surface area contributed by atoms with Gasteiger partial charge >= 0.3 is 0 Å². The van der Waals surface area contributed by atoms with Crippen LogP contribution in [0.4, 0.5) is 0 Å². The zero-order valence-electron chi connectivity index (χ0n) is 12.4. The van der Waals surface area contributed by atoms with Crippen molar-refractivity contribution in [2.75, 3.05) is 6.54 Å². The Bertz CT molecular complexity index is 613. The fraction of sp³-hybridized carbons (Fsp3) is 0.529. The zero-order valence-corrected chi connectivity index (χ0v) is 13.9. The number of rotatable bonds is 4. The molecule has 0 aliphatic heterocycles. The van der Waals surface area contributed by atoms with Crippen molar-refractivity contribution in [3.05, 3.63) is 34.4 Å². The Morgan fingerprint density at radius 3 is 2.71 bits per heavy atom. The van der Waals surface area contributed by atoms with E-state index in [1.165, 1.54) is 25.7 Å². The van der Waals surface area contributed by atoms with Gasteiger partial charge in [0.25, 0.3) is 0 Å². The summed E-state index contributed by atoms with van der Waals surface area (Å²) >= 11 is 12.3. The van der Waals surface area contributed by atoms with Crippen molar-refractivity contribution in [1.82, 2.24) is 9.88 Å². The lowest BCUT2D eigenvalue weighted by Gasteiger charge is -2.27. The van der Waals surface area contributed by atoms with Gasteiger partial charge in [-0.3, -0.25) is 0 Å².